The molecule has 0 saturated carbocycles. The fraction of sp³-hybridized carbons (Fsp3) is 0.867. The van der Waals surface area contributed by atoms with Crippen LogP contribution in [0.1, 0.15) is 68.7 Å². The number of hydrogen-bond donors (Lipinski definition) is 0. The van der Waals surface area contributed by atoms with Crippen LogP contribution in [0.4, 0.5) is 0 Å². The molecule has 0 atom stereocenters. The zero-order chi connectivity index (χ0) is 14.1. The van der Waals surface area contributed by atoms with Crippen molar-refractivity contribution in [3.63, 3.8) is 0 Å². The number of rotatable bonds is 3. The van der Waals surface area contributed by atoms with Gasteiger partial charge in [-0.05, 0) is 6.92 Å². The van der Waals surface area contributed by atoms with Crippen molar-refractivity contribution in [2.24, 2.45) is 10.8 Å². The zero-order valence-corrected chi connectivity index (χ0v) is 16.4. The molecule has 18 heavy (non-hydrogen) atoms. The van der Waals surface area contributed by atoms with Crippen LogP contribution in [0.5, 0.6) is 0 Å². The van der Waals surface area contributed by atoms with Gasteiger partial charge in [0.2, 0.25) is 0 Å². The van der Waals surface area contributed by atoms with Gasteiger partial charge in [-0.25, -0.2) is 0 Å². The quantitative estimate of drug-likeness (QED) is 0.567. The van der Waals surface area contributed by atoms with Crippen LogP contribution in [-0.4, -0.2) is 11.6 Å². The Morgan fingerprint density at radius 2 is 1.33 bits per heavy atom. The summed E-state index contributed by atoms with van der Waals surface area (Å²) in [6.07, 6.45) is 0.739. The first-order chi connectivity index (χ1) is 7.37. The van der Waals surface area contributed by atoms with Crippen molar-refractivity contribution in [1.29, 1.82) is 0 Å². The van der Waals surface area contributed by atoms with E-state index in [1.807, 2.05) is 20.8 Å². The van der Waals surface area contributed by atoms with E-state index in [0.29, 0.717) is 0 Å². The van der Waals surface area contributed by atoms with Crippen LogP contribution in [-0.2, 0) is 42.2 Å². The maximum Gasteiger partial charge on any atom is 3.00 e. The minimum atomic E-state index is -0.493. The van der Waals surface area contributed by atoms with Crippen LogP contribution < -0.4 is 0 Å². The minimum Gasteiger partial charge on any atom is -0.481 e. The number of carbonyl (C=O) groups excluding carboxylic acids is 1. The largest absolute Gasteiger partial charge is 3.00 e. The van der Waals surface area contributed by atoms with E-state index in [2.05, 4.69) is 41.5 Å². The third-order valence-electron chi connectivity index (χ3n) is 4.04. The van der Waals surface area contributed by atoms with Crippen LogP contribution in [0.3, 0.4) is 0 Å². The molecule has 0 rings (SSSR count). The molecule has 0 aliphatic heterocycles. The van der Waals surface area contributed by atoms with E-state index < -0.39 is 5.60 Å². The molecular formula is C15H29O2Y+2. The third-order valence-corrected chi connectivity index (χ3v) is 4.04. The molecule has 0 radical (unpaired) electrons. The summed E-state index contributed by atoms with van der Waals surface area (Å²) in [7, 11) is 0. The summed E-state index contributed by atoms with van der Waals surface area (Å²) in [6, 6.07) is 0. The van der Waals surface area contributed by atoms with E-state index in [0.717, 1.165) is 12.3 Å². The first-order valence-corrected chi connectivity index (χ1v) is 6.42. The standard InChI is InChI=1S/C15H29O2.Y/c1-10-11(2)12(16)17-15(9,13(3,4)5)14(6,7)8;/h10H2,1-9H3;/q-1;+3. The van der Waals surface area contributed by atoms with Gasteiger partial charge in [-0.2, -0.15) is 13.3 Å². The minimum absolute atomic E-state index is 0. The average Bonchev–Trinajstić information content (AvgIpc) is 2.12. The van der Waals surface area contributed by atoms with Crippen molar-refractivity contribution < 1.29 is 42.2 Å². The van der Waals surface area contributed by atoms with Crippen molar-refractivity contribution in [3.05, 3.63) is 5.92 Å². The monoisotopic (exact) mass is 330 g/mol. The molecule has 0 heterocycles. The van der Waals surface area contributed by atoms with Gasteiger partial charge in [0.1, 0.15) is 5.60 Å². The maximum absolute atomic E-state index is 12.0. The van der Waals surface area contributed by atoms with E-state index in [9.17, 15) is 4.79 Å². The van der Waals surface area contributed by atoms with Crippen molar-refractivity contribution in [2.45, 2.75) is 74.3 Å². The summed E-state index contributed by atoms with van der Waals surface area (Å²) in [5, 5.41) is 0. The van der Waals surface area contributed by atoms with Gasteiger partial charge >= 0.3 is 32.7 Å². The number of hydrogen-bond acceptors (Lipinski definition) is 2. The van der Waals surface area contributed by atoms with Gasteiger partial charge in [0, 0.05) is 10.8 Å². The molecule has 0 fully saturated rings. The van der Waals surface area contributed by atoms with Crippen molar-refractivity contribution in [1.82, 2.24) is 0 Å². The summed E-state index contributed by atoms with van der Waals surface area (Å²) in [4.78, 5) is 12.0. The second-order valence-corrected chi connectivity index (χ2v) is 7.06. The summed E-state index contributed by atoms with van der Waals surface area (Å²) in [5.41, 5.74) is -0.697. The normalized spacial score (nSPS) is 12.7. The van der Waals surface area contributed by atoms with Gasteiger partial charge < -0.3 is 4.74 Å². The summed E-state index contributed by atoms with van der Waals surface area (Å²) in [5.74, 6) is 0.615. The molecular weight excluding hydrogens is 301 g/mol. The Morgan fingerprint density at radius 1 is 1.00 bits per heavy atom. The van der Waals surface area contributed by atoms with Crippen molar-refractivity contribution in [2.75, 3.05) is 0 Å². The Morgan fingerprint density at radius 3 is 1.56 bits per heavy atom. The van der Waals surface area contributed by atoms with E-state index in [-0.39, 0.29) is 49.5 Å². The van der Waals surface area contributed by atoms with Crippen molar-refractivity contribution in [3.8, 4) is 0 Å². The maximum atomic E-state index is 12.0. The van der Waals surface area contributed by atoms with Gasteiger partial charge in [0.15, 0.2) is 5.97 Å². The van der Waals surface area contributed by atoms with Gasteiger partial charge in [0.25, 0.3) is 0 Å². The molecule has 0 unspecified atom stereocenters. The first kappa shape index (κ1) is 20.8. The van der Waals surface area contributed by atoms with Crippen LogP contribution in [0.15, 0.2) is 0 Å². The van der Waals surface area contributed by atoms with Crippen molar-refractivity contribution >= 4 is 5.97 Å². The molecule has 102 valence electrons. The summed E-state index contributed by atoms with van der Waals surface area (Å²) >= 11 is 0. The Labute approximate surface area is 139 Å². The molecule has 0 aromatic rings. The molecule has 0 aliphatic rings. The van der Waals surface area contributed by atoms with E-state index in [1.165, 1.54) is 0 Å². The molecule has 0 aromatic carbocycles. The number of esters is 1. The predicted molar refractivity (Wildman–Crippen MR) is 72.6 cm³/mol. The fourth-order valence-electron chi connectivity index (χ4n) is 1.85. The summed E-state index contributed by atoms with van der Waals surface area (Å²) in [6.45, 7) is 18.6. The van der Waals surface area contributed by atoms with Crippen LogP contribution in [0.25, 0.3) is 0 Å². The molecule has 0 spiro atoms. The molecule has 0 aliphatic carbocycles. The smallest absolute Gasteiger partial charge is 0.481 e. The molecule has 0 bridgehead atoms. The van der Waals surface area contributed by atoms with E-state index in [4.69, 9.17) is 4.74 Å². The molecule has 2 nitrogen and oxygen atoms in total. The van der Waals surface area contributed by atoms with Gasteiger partial charge in [-0.3, -0.25) is 10.7 Å². The van der Waals surface area contributed by atoms with E-state index in [1.54, 1.807) is 0 Å². The van der Waals surface area contributed by atoms with Crippen LogP contribution >= 0.6 is 0 Å². The van der Waals surface area contributed by atoms with Gasteiger partial charge in [-0.1, -0.05) is 48.5 Å². The second kappa shape index (κ2) is 6.75. The third kappa shape index (κ3) is 4.52. The fourth-order valence-corrected chi connectivity index (χ4v) is 1.85. The first-order valence-electron chi connectivity index (χ1n) is 6.42. The van der Waals surface area contributed by atoms with Crippen LogP contribution in [0.2, 0.25) is 0 Å². The Kier molecular flexibility index (Phi) is 7.78. The Hall–Kier alpha value is 0.444. The molecule has 0 N–H and O–H groups in total. The SMILES string of the molecule is CC[C-](C)C(=O)OC(C)(C(C)(C)C)C(C)(C)C.[Y+3]. The number of carbonyl (C=O) groups is 1. The average molecular weight is 330 g/mol. The molecule has 0 aromatic heterocycles. The number of ether oxygens (including phenoxy) is 1. The zero-order valence-electron chi connectivity index (χ0n) is 13.6. The molecule has 3 heteroatoms. The second-order valence-electron chi connectivity index (χ2n) is 7.06. The van der Waals surface area contributed by atoms with E-state index >= 15 is 0 Å². The topological polar surface area (TPSA) is 26.3 Å². The molecule has 0 saturated heterocycles. The Balaban J connectivity index is 0. The molecule has 0 amide bonds. The van der Waals surface area contributed by atoms with Gasteiger partial charge in [0.05, 0.1) is 0 Å². The van der Waals surface area contributed by atoms with Gasteiger partial charge in [-0.15, -0.1) is 0 Å². The van der Waals surface area contributed by atoms with Crippen LogP contribution in [0, 0.1) is 16.7 Å². The predicted octanol–water partition coefficient (Wildman–Crippen LogP) is 4.38. The summed E-state index contributed by atoms with van der Waals surface area (Å²) < 4.78 is 5.84. The Bertz CT molecular complexity index is 257.